The van der Waals surface area contributed by atoms with E-state index < -0.39 is 0 Å². The van der Waals surface area contributed by atoms with Gasteiger partial charge >= 0.3 is 0 Å². The molecule has 5 heteroatoms. The molecule has 0 amide bonds. The molecule has 1 aromatic heterocycles. The molecule has 0 atom stereocenters. The van der Waals surface area contributed by atoms with Crippen molar-refractivity contribution in [2.24, 2.45) is 4.99 Å². The van der Waals surface area contributed by atoms with Gasteiger partial charge in [0.2, 0.25) is 0 Å². The van der Waals surface area contributed by atoms with Gasteiger partial charge in [-0.15, -0.1) is 11.3 Å². The lowest BCUT2D eigenvalue weighted by molar-refractivity contribution is 0.307. The van der Waals surface area contributed by atoms with Crippen molar-refractivity contribution in [2.45, 2.75) is 31.7 Å². The predicted molar refractivity (Wildman–Crippen MR) is 74.5 cm³/mol. The normalized spacial score (nSPS) is 21.4. The lowest BCUT2D eigenvalue weighted by Gasteiger charge is -2.35. The minimum absolute atomic E-state index is 0.0509. The van der Waals surface area contributed by atoms with Crippen LogP contribution in [0.2, 0.25) is 9.36 Å². The van der Waals surface area contributed by atoms with Crippen LogP contribution >= 0.6 is 34.5 Å². The minimum atomic E-state index is -0.0509. The second-order valence-electron chi connectivity index (χ2n) is 4.59. The Kier molecular flexibility index (Phi) is 2.55. The van der Waals surface area contributed by atoms with Gasteiger partial charge in [0.05, 0.1) is 9.90 Å². The Morgan fingerprint density at radius 2 is 2.12 bits per heavy atom. The highest BCUT2D eigenvalue weighted by atomic mass is 35.5. The molecule has 1 fully saturated rings. The number of rotatable bonds is 1. The first-order chi connectivity index (χ1) is 8.03. The number of nitrogens with zero attached hydrogens (tertiary/aromatic N) is 1. The molecule has 2 aliphatic rings. The highest BCUT2D eigenvalue weighted by Gasteiger charge is 2.44. The van der Waals surface area contributed by atoms with Gasteiger partial charge in [0.15, 0.2) is 0 Å². The summed E-state index contributed by atoms with van der Waals surface area (Å²) in [5.41, 5.74) is 1.96. The zero-order valence-corrected chi connectivity index (χ0v) is 11.8. The van der Waals surface area contributed by atoms with Crippen LogP contribution in [0.1, 0.15) is 29.7 Å². The van der Waals surface area contributed by atoms with Crippen molar-refractivity contribution in [3.8, 4) is 0 Å². The molecule has 0 saturated heterocycles. The Labute approximate surface area is 114 Å². The number of nitrogens with one attached hydrogen (secondary N) is 1. The maximum Gasteiger partial charge on any atom is 0.144 e. The maximum atomic E-state index is 6.11. The van der Waals surface area contributed by atoms with E-state index in [2.05, 4.69) is 11.9 Å². The molecule has 1 aliphatic heterocycles. The molecule has 3 rings (SSSR count). The smallest absolute Gasteiger partial charge is 0.144 e. The monoisotopic (exact) mass is 286 g/mol. The molecule has 1 aliphatic carbocycles. The van der Waals surface area contributed by atoms with Crippen molar-refractivity contribution >= 4 is 40.4 Å². The number of amidine groups is 1. The highest BCUT2D eigenvalue weighted by molar-refractivity contribution is 7.19. The van der Waals surface area contributed by atoms with Crippen LogP contribution in [0, 0.1) is 6.92 Å². The summed E-state index contributed by atoms with van der Waals surface area (Å²) in [5, 5.41) is 3.93. The van der Waals surface area contributed by atoms with Crippen molar-refractivity contribution in [1.29, 1.82) is 0 Å². The van der Waals surface area contributed by atoms with E-state index >= 15 is 0 Å². The van der Waals surface area contributed by atoms with Gasteiger partial charge in [-0.1, -0.05) is 29.8 Å². The molecule has 90 valence electrons. The summed E-state index contributed by atoms with van der Waals surface area (Å²) < 4.78 is 0.629. The summed E-state index contributed by atoms with van der Waals surface area (Å²) in [6.07, 6.45) is 3.41. The lowest BCUT2D eigenvalue weighted by Crippen LogP contribution is -2.36. The Morgan fingerprint density at radius 3 is 2.53 bits per heavy atom. The van der Waals surface area contributed by atoms with Gasteiger partial charge in [-0.05, 0) is 31.7 Å². The van der Waals surface area contributed by atoms with Crippen LogP contribution in [0.3, 0.4) is 0 Å². The van der Waals surface area contributed by atoms with E-state index in [0.717, 1.165) is 34.8 Å². The van der Waals surface area contributed by atoms with Crippen molar-refractivity contribution in [2.75, 3.05) is 0 Å². The number of thiophene rings is 1. The summed E-state index contributed by atoms with van der Waals surface area (Å²) in [4.78, 5) is 5.82. The molecular formula is C12H12Cl2N2S. The van der Waals surface area contributed by atoms with Crippen LogP contribution in [0.5, 0.6) is 0 Å². The number of aliphatic imine (C=N–C) groups is 1. The number of hydrogen-bond acceptors (Lipinski definition) is 3. The average molecular weight is 287 g/mol. The first-order valence-corrected chi connectivity index (χ1v) is 7.12. The summed E-state index contributed by atoms with van der Waals surface area (Å²) in [6, 6.07) is 0. The van der Waals surface area contributed by atoms with Crippen LogP contribution in [-0.2, 0) is 0 Å². The average Bonchev–Trinajstić information content (AvgIpc) is 2.71. The molecule has 1 N–H and O–H groups in total. The van der Waals surface area contributed by atoms with Crippen LogP contribution < -0.4 is 5.32 Å². The molecule has 0 bridgehead atoms. The molecule has 17 heavy (non-hydrogen) atoms. The Bertz CT molecular complexity index is 541. The van der Waals surface area contributed by atoms with Crippen LogP contribution in [0.4, 0.5) is 0 Å². The zero-order chi connectivity index (χ0) is 12.2. The van der Waals surface area contributed by atoms with E-state index in [1.165, 1.54) is 17.8 Å². The molecule has 0 unspecified atom stereocenters. The first-order valence-electron chi connectivity index (χ1n) is 5.54. The Balaban J connectivity index is 2.03. The van der Waals surface area contributed by atoms with Crippen molar-refractivity contribution in [3.63, 3.8) is 0 Å². The molecule has 0 aromatic carbocycles. The third-order valence-electron chi connectivity index (χ3n) is 3.59. The number of halogens is 2. The first kappa shape index (κ1) is 11.6. The minimum Gasteiger partial charge on any atom is -0.341 e. The van der Waals surface area contributed by atoms with Crippen LogP contribution in [0.15, 0.2) is 17.3 Å². The van der Waals surface area contributed by atoms with E-state index in [-0.39, 0.29) is 5.54 Å². The van der Waals surface area contributed by atoms with Gasteiger partial charge in [0.1, 0.15) is 15.7 Å². The molecule has 1 aromatic rings. The van der Waals surface area contributed by atoms with Gasteiger partial charge in [-0.2, -0.15) is 0 Å². The maximum absolute atomic E-state index is 6.11. The van der Waals surface area contributed by atoms with Gasteiger partial charge in [-0.25, -0.2) is 0 Å². The quantitative estimate of drug-likeness (QED) is 0.824. The van der Waals surface area contributed by atoms with E-state index in [0.29, 0.717) is 9.36 Å². The third kappa shape index (κ3) is 1.56. The summed E-state index contributed by atoms with van der Waals surface area (Å²) in [5.74, 6) is 0.881. The van der Waals surface area contributed by atoms with Gasteiger partial charge < -0.3 is 5.32 Å². The summed E-state index contributed by atoms with van der Waals surface area (Å²) in [7, 11) is 0. The summed E-state index contributed by atoms with van der Waals surface area (Å²) >= 11 is 13.6. The van der Waals surface area contributed by atoms with Crippen molar-refractivity contribution in [1.82, 2.24) is 5.32 Å². The largest absolute Gasteiger partial charge is 0.341 e. The second kappa shape index (κ2) is 3.74. The highest BCUT2D eigenvalue weighted by Crippen LogP contribution is 2.45. The molecule has 0 radical (unpaired) electrons. The Morgan fingerprint density at radius 1 is 1.41 bits per heavy atom. The summed E-state index contributed by atoms with van der Waals surface area (Å²) in [6.45, 7) is 6.05. The molecule has 2 heterocycles. The molecule has 1 spiro atoms. The predicted octanol–water partition coefficient (Wildman–Crippen LogP) is 4.15. The fourth-order valence-electron chi connectivity index (χ4n) is 2.29. The van der Waals surface area contributed by atoms with E-state index in [9.17, 15) is 0 Å². The topological polar surface area (TPSA) is 24.4 Å². The standard InChI is InChI=1S/C12H12Cl2N2S/c1-6-8(13)10(14)17-9(6)11-15-7(2)12(16-11)4-3-5-12/h2-5H2,1H3,(H,15,16). The van der Waals surface area contributed by atoms with Crippen LogP contribution in [0.25, 0.3) is 0 Å². The Hall–Kier alpha value is -0.510. The fraction of sp³-hybridized carbons (Fsp3) is 0.417. The van der Waals surface area contributed by atoms with Crippen molar-refractivity contribution < 1.29 is 0 Å². The fourth-order valence-corrected chi connectivity index (χ4v) is 3.80. The SMILES string of the molecule is C=C1NC(c2sc(Cl)c(Cl)c2C)=NC12CCC2. The van der Waals surface area contributed by atoms with E-state index in [1.54, 1.807) is 0 Å². The zero-order valence-electron chi connectivity index (χ0n) is 9.44. The molecule has 1 saturated carbocycles. The molecular weight excluding hydrogens is 275 g/mol. The van der Waals surface area contributed by atoms with Crippen molar-refractivity contribution in [3.05, 3.63) is 32.1 Å². The van der Waals surface area contributed by atoms with Gasteiger partial charge in [0.25, 0.3) is 0 Å². The second-order valence-corrected chi connectivity index (χ2v) is 6.59. The van der Waals surface area contributed by atoms with E-state index in [1.807, 2.05) is 6.92 Å². The molecule has 2 nitrogen and oxygen atoms in total. The van der Waals surface area contributed by atoms with Crippen LogP contribution in [-0.4, -0.2) is 11.4 Å². The van der Waals surface area contributed by atoms with Gasteiger partial charge in [0, 0.05) is 5.70 Å². The van der Waals surface area contributed by atoms with Gasteiger partial charge in [-0.3, -0.25) is 4.99 Å². The number of hydrogen-bond donors (Lipinski definition) is 1. The van der Waals surface area contributed by atoms with E-state index in [4.69, 9.17) is 28.2 Å². The third-order valence-corrected chi connectivity index (χ3v) is 5.78. The lowest BCUT2D eigenvalue weighted by atomic mass is 9.76.